The van der Waals surface area contributed by atoms with Crippen LogP contribution < -0.4 is 11.1 Å². The zero-order chi connectivity index (χ0) is 19.7. The summed E-state index contributed by atoms with van der Waals surface area (Å²) in [6.07, 6.45) is 6.89. The predicted molar refractivity (Wildman–Crippen MR) is 104 cm³/mol. The van der Waals surface area contributed by atoms with Gasteiger partial charge in [-0.1, -0.05) is 59.8 Å². The van der Waals surface area contributed by atoms with Gasteiger partial charge in [-0.05, 0) is 30.6 Å². The lowest BCUT2D eigenvalue weighted by Crippen LogP contribution is -2.42. The molecule has 1 aliphatic carbocycles. The van der Waals surface area contributed by atoms with Gasteiger partial charge in [0.1, 0.15) is 11.8 Å². The molecule has 0 bridgehead atoms. The fraction of sp³-hybridized carbons (Fsp3) is 0.800. The Morgan fingerprint density at radius 3 is 2.15 bits per heavy atom. The second-order valence-electron chi connectivity index (χ2n) is 8.32. The second kappa shape index (κ2) is 11.1. The number of hydrogen-bond donors (Lipinski definition) is 2. The Labute approximate surface area is 157 Å². The molecule has 3 amide bonds. The minimum atomic E-state index is -0.707. The highest BCUT2D eigenvalue weighted by atomic mass is 16.2. The molecule has 0 aromatic heterocycles. The van der Waals surface area contributed by atoms with Gasteiger partial charge in [-0.2, -0.15) is 0 Å². The van der Waals surface area contributed by atoms with Crippen LogP contribution in [0.5, 0.6) is 0 Å². The predicted octanol–water partition coefficient (Wildman–Crippen LogP) is 2.99. The molecule has 0 unspecified atom stereocenters. The van der Waals surface area contributed by atoms with Crippen LogP contribution in [-0.2, 0) is 14.4 Å². The molecular formula is C20H35N3O3. The van der Waals surface area contributed by atoms with Gasteiger partial charge in [0, 0.05) is 6.42 Å². The van der Waals surface area contributed by atoms with Crippen LogP contribution in [0.25, 0.3) is 0 Å². The molecule has 0 radical (unpaired) electrons. The molecule has 0 aromatic carbocycles. The summed E-state index contributed by atoms with van der Waals surface area (Å²) in [7, 11) is 0. The van der Waals surface area contributed by atoms with E-state index in [0.717, 1.165) is 25.7 Å². The fourth-order valence-corrected chi connectivity index (χ4v) is 3.39. The number of amides is 3. The van der Waals surface area contributed by atoms with Gasteiger partial charge in [0.25, 0.3) is 11.8 Å². The molecule has 3 N–H and O–H groups in total. The molecule has 1 aliphatic rings. The lowest BCUT2D eigenvalue weighted by Gasteiger charge is -2.22. The zero-order valence-electron chi connectivity index (χ0n) is 16.7. The standard InChI is InChI=1S/C20H35N3O3/c1-13(2)10-17(22-18(24)11-14(3)4)20(26)23-16(19(21)25)12-15-8-6-5-7-9-15/h13-15,17H,5-12H2,1-4H3,(H2,21,25)(H,22,24)/b23-16+/t17-/m0/s1. The van der Waals surface area contributed by atoms with Gasteiger partial charge in [0.15, 0.2) is 0 Å². The van der Waals surface area contributed by atoms with Crippen LogP contribution in [-0.4, -0.2) is 29.5 Å². The first-order valence-electron chi connectivity index (χ1n) is 9.89. The number of nitrogens with one attached hydrogen (secondary N) is 1. The highest BCUT2D eigenvalue weighted by molar-refractivity contribution is 6.40. The van der Waals surface area contributed by atoms with Crippen LogP contribution in [0, 0.1) is 17.8 Å². The summed E-state index contributed by atoms with van der Waals surface area (Å²) < 4.78 is 0. The Balaban J connectivity index is 2.84. The van der Waals surface area contributed by atoms with Gasteiger partial charge in [-0.15, -0.1) is 0 Å². The molecule has 0 aliphatic heterocycles. The number of nitrogens with two attached hydrogens (primary N) is 1. The lowest BCUT2D eigenvalue weighted by atomic mass is 9.85. The summed E-state index contributed by atoms with van der Waals surface area (Å²) >= 11 is 0. The monoisotopic (exact) mass is 365 g/mol. The third kappa shape index (κ3) is 8.59. The van der Waals surface area contributed by atoms with Crippen LogP contribution in [0.1, 0.15) is 79.1 Å². The van der Waals surface area contributed by atoms with Crippen molar-refractivity contribution in [3.63, 3.8) is 0 Å². The summed E-state index contributed by atoms with van der Waals surface area (Å²) in [5.41, 5.74) is 5.61. The van der Waals surface area contributed by atoms with E-state index in [1.165, 1.54) is 6.42 Å². The Kier molecular flexibility index (Phi) is 9.52. The number of carbonyl (C=O) groups is 3. The molecule has 1 fully saturated rings. The highest BCUT2D eigenvalue weighted by Crippen LogP contribution is 2.26. The maximum absolute atomic E-state index is 12.6. The Morgan fingerprint density at radius 2 is 1.65 bits per heavy atom. The van der Waals surface area contributed by atoms with Gasteiger partial charge in [-0.25, -0.2) is 4.99 Å². The van der Waals surface area contributed by atoms with Crippen molar-refractivity contribution in [2.45, 2.75) is 85.1 Å². The first kappa shape index (κ1) is 22.3. The van der Waals surface area contributed by atoms with Gasteiger partial charge in [0.2, 0.25) is 5.91 Å². The molecule has 6 nitrogen and oxygen atoms in total. The van der Waals surface area contributed by atoms with E-state index < -0.39 is 17.9 Å². The van der Waals surface area contributed by atoms with Crippen molar-refractivity contribution in [2.75, 3.05) is 0 Å². The van der Waals surface area contributed by atoms with E-state index in [4.69, 9.17) is 5.73 Å². The first-order valence-corrected chi connectivity index (χ1v) is 9.89. The third-order valence-electron chi connectivity index (χ3n) is 4.67. The van der Waals surface area contributed by atoms with Crippen molar-refractivity contribution in [3.8, 4) is 0 Å². The van der Waals surface area contributed by atoms with Gasteiger partial charge in [0.05, 0.1) is 0 Å². The minimum Gasteiger partial charge on any atom is -0.365 e. The summed E-state index contributed by atoms with van der Waals surface area (Å²) in [5, 5.41) is 2.78. The number of primary amides is 1. The van der Waals surface area contributed by atoms with Gasteiger partial charge in [-0.3, -0.25) is 14.4 Å². The number of hydrogen-bond acceptors (Lipinski definition) is 3. The number of aliphatic imine (C=N–C) groups is 1. The molecule has 1 atom stereocenters. The highest BCUT2D eigenvalue weighted by Gasteiger charge is 2.25. The van der Waals surface area contributed by atoms with Crippen molar-refractivity contribution in [1.82, 2.24) is 5.32 Å². The van der Waals surface area contributed by atoms with E-state index in [0.29, 0.717) is 25.2 Å². The van der Waals surface area contributed by atoms with Crippen molar-refractivity contribution in [2.24, 2.45) is 28.5 Å². The smallest absolute Gasteiger partial charge is 0.268 e. The van der Waals surface area contributed by atoms with Crippen molar-refractivity contribution >= 4 is 23.4 Å². The molecule has 1 rings (SSSR count). The maximum Gasteiger partial charge on any atom is 0.268 e. The van der Waals surface area contributed by atoms with E-state index >= 15 is 0 Å². The minimum absolute atomic E-state index is 0.147. The number of carbonyl (C=O) groups excluding carboxylic acids is 3. The lowest BCUT2D eigenvalue weighted by molar-refractivity contribution is -0.128. The molecule has 0 spiro atoms. The largest absolute Gasteiger partial charge is 0.365 e. The third-order valence-corrected chi connectivity index (χ3v) is 4.67. The van der Waals surface area contributed by atoms with Crippen LogP contribution in [0.2, 0.25) is 0 Å². The van der Waals surface area contributed by atoms with Crippen molar-refractivity contribution < 1.29 is 14.4 Å². The van der Waals surface area contributed by atoms with Crippen LogP contribution in [0.15, 0.2) is 4.99 Å². The zero-order valence-corrected chi connectivity index (χ0v) is 16.7. The van der Waals surface area contributed by atoms with Crippen molar-refractivity contribution in [1.29, 1.82) is 0 Å². The average Bonchev–Trinajstić information content (AvgIpc) is 2.53. The van der Waals surface area contributed by atoms with E-state index in [2.05, 4.69) is 10.3 Å². The summed E-state index contributed by atoms with van der Waals surface area (Å²) in [6.45, 7) is 7.87. The molecule has 1 saturated carbocycles. The molecule has 0 heterocycles. The maximum atomic E-state index is 12.6. The summed E-state index contributed by atoms with van der Waals surface area (Å²) in [6, 6.07) is -0.707. The van der Waals surface area contributed by atoms with Gasteiger partial charge >= 0.3 is 0 Å². The van der Waals surface area contributed by atoms with Crippen LogP contribution >= 0.6 is 0 Å². The van der Waals surface area contributed by atoms with Crippen LogP contribution in [0.4, 0.5) is 0 Å². The van der Waals surface area contributed by atoms with E-state index in [1.807, 2.05) is 27.7 Å². The summed E-state index contributed by atoms with van der Waals surface area (Å²) in [4.78, 5) is 40.5. The van der Waals surface area contributed by atoms with E-state index in [9.17, 15) is 14.4 Å². The average molecular weight is 366 g/mol. The molecule has 0 saturated heterocycles. The SMILES string of the molecule is CC(C)CC(=O)N[C@@H](CC(C)C)C(=O)/N=C(\CC1CCCCC1)C(N)=O. The first-order chi connectivity index (χ1) is 12.2. The second-order valence-corrected chi connectivity index (χ2v) is 8.32. The quantitative estimate of drug-likeness (QED) is 0.614. The molecule has 26 heavy (non-hydrogen) atoms. The van der Waals surface area contributed by atoms with Crippen LogP contribution in [0.3, 0.4) is 0 Å². The van der Waals surface area contributed by atoms with E-state index in [-0.39, 0.29) is 23.5 Å². The summed E-state index contributed by atoms with van der Waals surface area (Å²) in [5.74, 6) is -0.486. The Hall–Kier alpha value is -1.72. The molecule has 148 valence electrons. The van der Waals surface area contributed by atoms with Gasteiger partial charge < -0.3 is 11.1 Å². The molecule has 6 heteroatoms. The molecule has 0 aromatic rings. The number of rotatable bonds is 9. The Morgan fingerprint density at radius 1 is 1.04 bits per heavy atom. The normalized spacial score (nSPS) is 17.4. The Bertz CT molecular complexity index is 520. The topological polar surface area (TPSA) is 102 Å². The van der Waals surface area contributed by atoms with Crippen molar-refractivity contribution in [3.05, 3.63) is 0 Å². The van der Waals surface area contributed by atoms with E-state index in [1.54, 1.807) is 0 Å². The molecular weight excluding hydrogens is 330 g/mol. The number of nitrogens with zero attached hydrogens (tertiary/aromatic N) is 1. The fourth-order valence-electron chi connectivity index (χ4n) is 3.39.